The smallest absolute Gasteiger partial charge is 0.302 e. The third-order valence-electron chi connectivity index (χ3n) is 9.96. The number of anilines is 2. The second kappa shape index (κ2) is 14.7. The Balaban J connectivity index is 1.20. The number of fused-ring (bicyclic) bond motifs is 3. The third kappa shape index (κ3) is 6.46. The van der Waals surface area contributed by atoms with Crippen LogP contribution >= 0.6 is 0 Å². The second-order valence-electron chi connectivity index (χ2n) is 13.4. The van der Waals surface area contributed by atoms with Crippen molar-refractivity contribution in [2.45, 2.75) is 43.5 Å². The monoisotopic (exact) mass is 761 g/mol. The van der Waals surface area contributed by atoms with Gasteiger partial charge in [0.2, 0.25) is 12.2 Å². The first-order chi connectivity index (χ1) is 27.0. The highest BCUT2D eigenvalue weighted by Crippen LogP contribution is 2.44. The number of amides is 1. The van der Waals surface area contributed by atoms with E-state index in [4.69, 9.17) is 25.7 Å². The van der Waals surface area contributed by atoms with Crippen molar-refractivity contribution in [3.05, 3.63) is 112 Å². The number of aliphatic hydroxyl groups excluding tert-OH is 3. The molecule has 3 aliphatic heterocycles. The molecule has 17 heteroatoms. The molecule has 3 aromatic carbocycles. The van der Waals surface area contributed by atoms with Gasteiger partial charge in [0, 0.05) is 40.6 Å². The Labute approximate surface area is 318 Å². The van der Waals surface area contributed by atoms with E-state index in [1.807, 2.05) is 0 Å². The van der Waals surface area contributed by atoms with Crippen molar-refractivity contribution >= 4 is 46.5 Å². The number of carbonyl (C=O) groups excluding carboxylic acids is 3. The number of nitrogens with zero attached hydrogens (tertiary/aromatic N) is 5. The van der Waals surface area contributed by atoms with E-state index in [9.17, 15) is 34.8 Å². The fourth-order valence-electron chi connectivity index (χ4n) is 7.24. The van der Waals surface area contributed by atoms with Crippen molar-refractivity contribution in [1.82, 2.24) is 4.98 Å². The first-order valence-corrected chi connectivity index (χ1v) is 17.6. The predicted molar refractivity (Wildman–Crippen MR) is 200 cm³/mol. The van der Waals surface area contributed by atoms with Gasteiger partial charge in [0.1, 0.15) is 36.9 Å². The Morgan fingerprint density at radius 2 is 1.64 bits per heavy atom. The van der Waals surface area contributed by atoms with E-state index < -0.39 is 60.5 Å². The highest BCUT2D eigenvalue weighted by atomic mass is 16.7. The molecule has 286 valence electrons. The lowest BCUT2D eigenvalue weighted by Crippen LogP contribution is -2.61. The van der Waals surface area contributed by atoms with Crippen LogP contribution in [0.5, 0.6) is 11.5 Å². The molecule has 1 amide bonds. The molecule has 0 bridgehead atoms. The van der Waals surface area contributed by atoms with Crippen LogP contribution in [-0.2, 0) is 27.1 Å². The Morgan fingerprint density at radius 3 is 2.41 bits per heavy atom. The normalized spacial score (nSPS) is 22.8. The lowest BCUT2D eigenvalue weighted by atomic mass is 9.82. The average Bonchev–Trinajstić information content (AvgIpc) is 3.61. The highest BCUT2D eigenvalue weighted by Gasteiger charge is 2.47. The number of pyridine rings is 1. The van der Waals surface area contributed by atoms with E-state index in [-0.39, 0.29) is 70.8 Å². The molecule has 1 aromatic heterocycles. The molecule has 1 saturated heterocycles. The number of amidine groups is 1. The van der Waals surface area contributed by atoms with E-state index in [2.05, 4.69) is 20.0 Å². The molecule has 0 spiro atoms. The molecule has 4 heterocycles. The fraction of sp³-hybridized carbons (Fsp3) is 0.256. The average molecular weight is 762 g/mol. The largest absolute Gasteiger partial charge is 0.504 e. The van der Waals surface area contributed by atoms with Crippen molar-refractivity contribution < 1.29 is 49.0 Å². The van der Waals surface area contributed by atoms with Crippen LogP contribution in [-0.4, -0.2) is 111 Å². The van der Waals surface area contributed by atoms with Crippen molar-refractivity contribution in [3.63, 3.8) is 0 Å². The van der Waals surface area contributed by atoms with E-state index in [0.29, 0.717) is 23.5 Å². The maximum atomic E-state index is 13.9. The number of nitrogens with two attached hydrogens (primary N) is 2. The number of ketones is 2. The van der Waals surface area contributed by atoms with Crippen LogP contribution in [0.2, 0.25) is 0 Å². The number of rotatable bonds is 10. The van der Waals surface area contributed by atoms with Crippen molar-refractivity contribution in [2.75, 3.05) is 30.5 Å². The van der Waals surface area contributed by atoms with Gasteiger partial charge in [-0.3, -0.25) is 19.4 Å². The summed E-state index contributed by atoms with van der Waals surface area (Å²) in [6, 6.07) is 18.2. The van der Waals surface area contributed by atoms with Crippen LogP contribution in [0, 0.1) is 0 Å². The summed E-state index contributed by atoms with van der Waals surface area (Å²) in [4.78, 5) is 58.4. The summed E-state index contributed by atoms with van der Waals surface area (Å²) in [5, 5.41) is 44.2. The van der Waals surface area contributed by atoms with Crippen molar-refractivity contribution in [3.8, 4) is 11.5 Å². The quantitative estimate of drug-likeness (QED) is 0.114. The van der Waals surface area contributed by atoms with Crippen LogP contribution in [0.4, 0.5) is 11.5 Å². The van der Waals surface area contributed by atoms with Gasteiger partial charge in [0.25, 0.3) is 0 Å². The zero-order valence-electron chi connectivity index (χ0n) is 29.5. The molecule has 0 radical (unpaired) electrons. The van der Waals surface area contributed by atoms with Crippen LogP contribution in [0.1, 0.15) is 48.5 Å². The number of nitrogen functional groups attached to an aromatic ring is 1. The standard InChI is InChI=1S/C39H35N7O10/c40-26-13-18(9-11-42-26)10-12-54-35-33(52)31(50)25(16-47)55-38(35)56-34-20(15-23-27(32(34)51)30(49)22-7-3-2-6-21(22)29(23)48)14-19-5-1-4-8-24(19)46-17-43-28-36(46)44-39(41)45-37(28)53/h1-9,11,13,15,25,31,33,35,38,47,50-52H,10,12,14,16-17H2,(H2,40,42)(H2,41,45,53)/t25-,31-,33+,35-,38+/m0/s1. The number of ether oxygens (including phenoxy) is 3. The summed E-state index contributed by atoms with van der Waals surface area (Å²) < 4.78 is 18.4. The summed E-state index contributed by atoms with van der Waals surface area (Å²) in [7, 11) is 0. The maximum Gasteiger partial charge on any atom is 0.302 e. The van der Waals surface area contributed by atoms with Gasteiger partial charge in [-0.15, -0.1) is 0 Å². The number of aliphatic imine (C=N–C) groups is 3. The predicted octanol–water partition coefficient (Wildman–Crippen LogP) is 0.653. The SMILES string of the molecule is NC1=NC(=O)C2=NCN(c3ccccc3Cc3cc4c(c(O)c3O[C@H]3O[C@@H](CO)[C@H](O)[C@@H](O)[C@@H]3OCCc3ccnc(N)c3)C(=O)c3ccccc3C4=O)C2=N1. The van der Waals surface area contributed by atoms with E-state index in [1.165, 1.54) is 24.4 Å². The van der Waals surface area contributed by atoms with Crippen LogP contribution in [0.25, 0.3) is 0 Å². The van der Waals surface area contributed by atoms with Gasteiger partial charge in [0.15, 0.2) is 34.6 Å². The number of aliphatic hydroxyl groups is 3. The number of benzene rings is 3. The molecule has 1 aliphatic carbocycles. The zero-order chi connectivity index (χ0) is 39.2. The number of hydrogen-bond donors (Lipinski definition) is 6. The number of aromatic nitrogens is 1. The molecule has 0 saturated carbocycles. The molecule has 8 rings (SSSR count). The molecule has 8 N–H and O–H groups in total. The molecule has 4 aromatic rings. The number of carbonyl (C=O) groups is 3. The summed E-state index contributed by atoms with van der Waals surface area (Å²) in [5.74, 6) is -2.43. The van der Waals surface area contributed by atoms with E-state index in [0.717, 1.165) is 5.56 Å². The van der Waals surface area contributed by atoms with Gasteiger partial charge in [-0.1, -0.05) is 42.5 Å². The number of guanidine groups is 1. The molecule has 56 heavy (non-hydrogen) atoms. The second-order valence-corrected chi connectivity index (χ2v) is 13.4. The number of phenolic OH excluding ortho intramolecular Hbond substituents is 1. The van der Waals surface area contributed by atoms with Gasteiger partial charge in [-0.05, 0) is 41.8 Å². The van der Waals surface area contributed by atoms with Gasteiger partial charge in [-0.25, -0.2) is 4.98 Å². The van der Waals surface area contributed by atoms with Gasteiger partial charge < -0.3 is 51.0 Å². The molecule has 17 nitrogen and oxygen atoms in total. The summed E-state index contributed by atoms with van der Waals surface area (Å²) in [5.41, 5.74) is 13.7. The van der Waals surface area contributed by atoms with E-state index in [1.54, 1.807) is 53.4 Å². The van der Waals surface area contributed by atoms with Crippen molar-refractivity contribution in [1.29, 1.82) is 0 Å². The highest BCUT2D eigenvalue weighted by molar-refractivity contribution is 6.72. The van der Waals surface area contributed by atoms with Gasteiger partial charge in [-0.2, -0.15) is 9.98 Å². The molecule has 0 unspecified atom stereocenters. The zero-order valence-corrected chi connectivity index (χ0v) is 29.5. The number of aromatic hydroxyl groups is 1. The van der Waals surface area contributed by atoms with E-state index >= 15 is 0 Å². The van der Waals surface area contributed by atoms with Crippen LogP contribution in [0.15, 0.2) is 87.9 Å². The molecule has 5 atom stereocenters. The topological polar surface area (TPSA) is 265 Å². The number of hydrogen-bond acceptors (Lipinski definition) is 16. The minimum absolute atomic E-state index is 0.00735. The number of phenols is 1. The Hall–Kier alpha value is -6.37. The first kappa shape index (κ1) is 36.6. The van der Waals surface area contributed by atoms with Crippen LogP contribution < -0.4 is 21.1 Å². The minimum atomic E-state index is -1.63. The lowest BCUT2D eigenvalue weighted by molar-refractivity contribution is -0.287. The maximum absolute atomic E-state index is 13.9. The molecular weight excluding hydrogens is 726 g/mol. The Morgan fingerprint density at radius 1 is 0.893 bits per heavy atom. The Kier molecular flexibility index (Phi) is 9.61. The van der Waals surface area contributed by atoms with Gasteiger partial charge in [0.05, 0.1) is 18.8 Å². The van der Waals surface area contributed by atoms with Gasteiger partial charge >= 0.3 is 5.91 Å². The molecular formula is C39H35N7O10. The summed E-state index contributed by atoms with van der Waals surface area (Å²) >= 11 is 0. The third-order valence-corrected chi connectivity index (χ3v) is 9.96. The first-order valence-electron chi connectivity index (χ1n) is 17.6. The fourth-order valence-corrected chi connectivity index (χ4v) is 7.24. The minimum Gasteiger partial charge on any atom is -0.504 e. The van der Waals surface area contributed by atoms with Crippen molar-refractivity contribution in [2.24, 2.45) is 20.7 Å². The summed E-state index contributed by atoms with van der Waals surface area (Å²) in [6.45, 7) is -0.693. The molecule has 4 aliphatic rings. The summed E-state index contributed by atoms with van der Waals surface area (Å²) in [6.07, 6.45) is -5.66. The Bertz CT molecular complexity index is 2380. The number of para-hydroxylation sites is 1. The lowest BCUT2D eigenvalue weighted by Gasteiger charge is -2.42. The molecule has 1 fully saturated rings. The van der Waals surface area contributed by atoms with Crippen LogP contribution in [0.3, 0.4) is 0 Å².